The highest BCUT2D eigenvalue weighted by molar-refractivity contribution is 5.19. The smallest absolute Gasteiger partial charge is 0.0852 e. The fourth-order valence-electron chi connectivity index (χ4n) is 2.11. The summed E-state index contributed by atoms with van der Waals surface area (Å²) in [6.07, 6.45) is 7.47. The van der Waals surface area contributed by atoms with Gasteiger partial charge in [-0.05, 0) is 12.0 Å². The number of rotatable bonds is 8. The second-order valence-corrected chi connectivity index (χ2v) is 4.60. The van der Waals surface area contributed by atoms with Crippen LogP contribution in [0.15, 0.2) is 43.0 Å². The predicted molar refractivity (Wildman–Crippen MR) is 73.8 cm³/mol. The third-order valence-corrected chi connectivity index (χ3v) is 3.24. The maximum Gasteiger partial charge on any atom is 0.0852 e. The summed E-state index contributed by atoms with van der Waals surface area (Å²) in [4.78, 5) is 0. The average molecular weight is 232 g/mol. The van der Waals surface area contributed by atoms with E-state index in [2.05, 4.69) is 13.5 Å². The van der Waals surface area contributed by atoms with Gasteiger partial charge in [0.15, 0.2) is 0 Å². The number of aliphatic hydroxyl groups excluding tert-OH is 1. The van der Waals surface area contributed by atoms with E-state index >= 15 is 0 Å². The SMILES string of the molecule is C=C[C@@H](CCCCCC)[C@@H](O)c1ccccc1. The van der Waals surface area contributed by atoms with E-state index in [1.807, 2.05) is 36.4 Å². The average Bonchev–Trinajstić information content (AvgIpc) is 2.39. The Hall–Kier alpha value is -1.08. The first-order valence-electron chi connectivity index (χ1n) is 6.65. The summed E-state index contributed by atoms with van der Waals surface area (Å²) in [6, 6.07) is 9.87. The van der Waals surface area contributed by atoms with E-state index in [4.69, 9.17) is 0 Å². The molecular weight excluding hydrogens is 208 g/mol. The number of aliphatic hydroxyl groups is 1. The molecule has 1 aromatic rings. The molecule has 0 amide bonds. The second-order valence-electron chi connectivity index (χ2n) is 4.60. The Bertz CT molecular complexity index is 305. The van der Waals surface area contributed by atoms with Crippen LogP contribution in [0.1, 0.15) is 50.7 Å². The Morgan fingerprint density at radius 3 is 2.47 bits per heavy atom. The molecule has 0 fully saturated rings. The molecule has 17 heavy (non-hydrogen) atoms. The zero-order valence-electron chi connectivity index (χ0n) is 10.8. The summed E-state index contributed by atoms with van der Waals surface area (Å²) >= 11 is 0. The van der Waals surface area contributed by atoms with Crippen LogP contribution in [0.25, 0.3) is 0 Å². The van der Waals surface area contributed by atoms with Crippen molar-refractivity contribution >= 4 is 0 Å². The van der Waals surface area contributed by atoms with Crippen molar-refractivity contribution in [2.45, 2.75) is 45.1 Å². The highest BCUT2D eigenvalue weighted by atomic mass is 16.3. The summed E-state index contributed by atoms with van der Waals surface area (Å²) in [5.41, 5.74) is 0.993. The molecule has 0 aliphatic rings. The molecule has 0 aromatic heterocycles. The lowest BCUT2D eigenvalue weighted by atomic mass is 9.91. The Kier molecular flexibility index (Phi) is 6.64. The van der Waals surface area contributed by atoms with Crippen LogP contribution in [0.2, 0.25) is 0 Å². The first-order chi connectivity index (χ1) is 8.29. The fourth-order valence-corrected chi connectivity index (χ4v) is 2.11. The van der Waals surface area contributed by atoms with Crippen LogP contribution in [-0.2, 0) is 0 Å². The van der Waals surface area contributed by atoms with E-state index in [0.717, 1.165) is 12.0 Å². The minimum atomic E-state index is -0.407. The molecule has 1 aromatic carbocycles. The third kappa shape index (κ3) is 4.74. The van der Waals surface area contributed by atoms with Crippen LogP contribution < -0.4 is 0 Å². The maximum atomic E-state index is 10.3. The molecule has 1 N–H and O–H groups in total. The highest BCUT2D eigenvalue weighted by Crippen LogP contribution is 2.27. The molecule has 0 saturated carbocycles. The quantitative estimate of drug-likeness (QED) is 0.517. The van der Waals surface area contributed by atoms with Gasteiger partial charge in [0.1, 0.15) is 0 Å². The van der Waals surface area contributed by atoms with E-state index in [9.17, 15) is 5.11 Å². The lowest BCUT2D eigenvalue weighted by molar-refractivity contribution is 0.125. The van der Waals surface area contributed by atoms with Gasteiger partial charge in [0.25, 0.3) is 0 Å². The van der Waals surface area contributed by atoms with Gasteiger partial charge in [0.2, 0.25) is 0 Å². The van der Waals surface area contributed by atoms with E-state index in [-0.39, 0.29) is 5.92 Å². The molecule has 0 unspecified atom stereocenters. The molecule has 94 valence electrons. The van der Waals surface area contributed by atoms with Crippen molar-refractivity contribution in [3.05, 3.63) is 48.6 Å². The number of unbranched alkanes of at least 4 members (excludes halogenated alkanes) is 3. The standard InChI is InChI=1S/C16H24O/c1-3-5-6-8-11-14(4-2)16(17)15-12-9-7-10-13-15/h4,7,9-10,12-14,16-17H,2-3,5-6,8,11H2,1H3/t14-,16+/m0/s1. The Morgan fingerprint density at radius 2 is 1.88 bits per heavy atom. The highest BCUT2D eigenvalue weighted by Gasteiger charge is 2.16. The maximum absolute atomic E-state index is 10.3. The van der Waals surface area contributed by atoms with E-state index in [1.165, 1.54) is 25.7 Å². The summed E-state index contributed by atoms with van der Waals surface area (Å²) < 4.78 is 0. The molecule has 1 nitrogen and oxygen atoms in total. The largest absolute Gasteiger partial charge is 0.388 e. The number of hydrogen-bond donors (Lipinski definition) is 1. The fraction of sp³-hybridized carbons (Fsp3) is 0.500. The number of benzene rings is 1. The van der Waals surface area contributed by atoms with Gasteiger partial charge in [-0.25, -0.2) is 0 Å². The normalized spacial score (nSPS) is 14.2. The van der Waals surface area contributed by atoms with E-state index < -0.39 is 6.10 Å². The molecule has 1 rings (SSSR count). The van der Waals surface area contributed by atoms with Gasteiger partial charge in [-0.15, -0.1) is 6.58 Å². The third-order valence-electron chi connectivity index (χ3n) is 3.24. The molecule has 0 aliphatic heterocycles. The molecular formula is C16H24O. The molecule has 0 saturated heterocycles. The van der Waals surface area contributed by atoms with E-state index in [1.54, 1.807) is 0 Å². The molecule has 2 atom stereocenters. The lowest BCUT2D eigenvalue weighted by Gasteiger charge is -2.19. The van der Waals surface area contributed by atoms with Crippen molar-refractivity contribution < 1.29 is 5.11 Å². The molecule has 0 aliphatic carbocycles. The first kappa shape index (κ1) is 14.0. The van der Waals surface area contributed by atoms with Gasteiger partial charge in [-0.1, -0.05) is 69.0 Å². The van der Waals surface area contributed by atoms with Crippen molar-refractivity contribution in [2.75, 3.05) is 0 Å². The second kappa shape index (κ2) is 8.08. The van der Waals surface area contributed by atoms with Crippen LogP contribution in [0, 0.1) is 5.92 Å². The van der Waals surface area contributed by atoms with Crippen molar-refractivity contribution in [3.63, 3.8) is 0 Å². The minimum absolute atomic E-state index is 0.175. The Balaban J connectivity index is 2.47. The lowest BCUT2D eigenvalue weighted by Crippen LogP contribution is -2.10. The van der Waals surface area contributed by atoms with Gasteiger partial charge in [-0.2, -0.15) is 0 Å². The molecule has 0 heterocycles. The van der Waals surface area contributed by atoms with Crippen LogP contribution >= 0.6 is 0 Å². The summed E-state index contributed by atoms with van der Waals surface area (Å²) in [7, 11) is 0. The Morgan fingerprint density at radius 1 is 1.18 bits per heavy atom. The monoisotopic (exact) mass is 232 g/mol. The summed E-state index contributed by atoms with van der Waals surface area (Å²) in [5, 5.41) is 10.3. The summed E-state index contributed by atoms with van der Waals surface area (Å²) in [6.45, 7) is 6.06. The molecule has 0 bridgehead atoms. The predicted octanol–water partition coefficient (Wildman–Crippen LogP) is 4.49. The molecule has 0 spiro atoms. The van der Waals surface area contributed by atoms with Crippen LogP contribution in [0.5, 0.6) is 0 Å². The zero-order valence-corrected chi connectivity index (χ0v) is 10.8. The minimum Gasteiger partial charge on any atom is -0.388 e. The number of hydrogen-bond acceptors (Lipinski definition) is 1. The topological polar surface area (TPSA) is 20.2 Å². The first-order valence-corrected chi connectivity index (χ1v) is 6.65. The van der Waals surface area contributed by atoms with Crippen LogP contribution in [0.3, 0.4) is 0 Å². The van der Waals surface area contributed by atoms with Gasteiger partial charge < -0.3 is 5.11 Å². The molecule has 1 heteroatoms. The van der Waals surface area contributed by atoms with Gasteiger partial charge in [0, 0.05) is 5.92 Å². The Labute approximate surface area is 105 Å². The molecule has 0 radical (unpaired) electrons. The summed E-state index contributed by atoms with van der Waals surface area (Å²) in [5.74, 6) is 0.175. The van der Waals surface area contributed by atoms with Crippen molar-refractivity contribution in [2.24, 2.45) is 5.92 Å². The van der Waals surface area contributed by atoms with Gasteiger partial charge in [0.05, 0.1) is 6.10 Å². The van der Waals surface area contributed by atoms with Gasteiger partial charge >= 0.3 is 0 Å². The van der Waals surface area contributed by atoms with Crippen molar-refractivity contribution in [3.8, 4) is 0 Å². The van der Waals surface area contributed by atoms with Crippen LogP contribution in [0.4, 0.5) is 0 Å². The van der Waals surface area contributed by atoms with Crippen LogP contribution in [-0.4, -0.2) is 5.11 Å². The van der Waals surface area contributed by atoms with Crippen molar-refractivity contribution in [1.82, 2.24) is 0 Å². The van der Waals surface area contributed by atoms with E-state index in [0.29, 0.717) is 0 Å². The van der Waals surface area contributed by atoms with Crippen molar-refractivity contribution in [1.29, 1.82) is 0 Å². The van der Waals surface area contributed by atoms with Gasteiger partial charge in [-0.3, -0.25) is 0 Å². The zero-order chi connectivity index (χ0) is 12.5.